The number of halogens is 3. The van der Waals surface area contributed by atoms with Crippen LogP contribution in [0.15, 0.2) is 60.0 Å². The van der Waals surface area contributed by atoms with E-state index in [1.807, 2.05) is 35.7 Å². The van der Waals surface area contributed by atoms with Gasteiger partial charge in [0.05, 0.1) is 18.7 Å². The normalized spacial score (nSPS) is 15.2. The average molecular weight is 547 g/mol. The van der Waals surface area contributed by atoms with Crippen LogP contribution in [0.2, 0.25) is 0 Å². The van der Waals surface area contributed by atoms with Crippen LogP contribution in [0, 0.1) is 0 Å². The molecular formula is C28H29F3N2O4S. The molecule has 0 bridgehead atoms. The number of rotatable bonds is 9. The summed E-state index contributed by atoms with van der Waals surface area (Å²) in [5, 5.41) is 2.00. The summed E-state index contributed by atoms with van der Waals surface area (Å²) < 4.78 is 50.2. The lowest BCUT2D eigenvalue weighted by Gasteiger charge is -2.37. The van der Waals surface area contributed by atoms with Crippen LogP contribution in [0.3, 0.4) is 0 Å². The minimum absolute atomic E-state index is 0.115. The third-order valence-electron chi connectivity index (χ3n) is 6.54. The van der Waals surface area contributed by atoms with E-state index in [0.717, 1.165) is 23.3 Å². The van der Waals surface area contributed by atoms with Crippen LogP contribution in [0.4, 0.5) is 13.2 Å². The number of fused-ring (bicyclic) bond motifs is 1. The van der Waals surface area contributed by atoms with Gasteiger partial charge in [0.2, 0.25) is 5.91 Å². The summed E-state index contributed by atoms with van der Waals surface area (Å²) >= 11 is 1.65. The van der Waals surface area contributed by atoms with Crippen molar-refractivity contribution in [1.29, 1.82) is 0 Å². The van der Waals surface area contributed by atoms with Gasteiger partial charge in [-0.1, -0.05) is 18.2 Å². The van der Waals surface area contributed by atoms with Crippen LogP contribution < -0.4 is 4.74 Å². The summed E-state index contributed by atoms with van der Waals surface area (Å²) in [6, 6.07) is 13.5. The van der Waals surface area contributed by atoms with Crippen molar-refractivity contribution in [3.8, 4) is 5.75 Å². The molecule has 0 saturated heterocycles. The third-order valence-corrected chi connectivity index (χ3v) is 7.54. The van der Waals surface area contributed by atoms with Crippen LogP contribution in [-0.2, 0) is 22.1 Å². The predicted octanol–water partition coefficient (Wildman–Crippen LogP) is 5.43. The third kappa shape index (κ3) is 6.19. The highest BCUT2D eigenvalue weighted by Crippen LogP contribution is 2.38. The second-order valence-electron chi connectivity index (χ2n) is 8.96. The number of carbonyl (C=O) groups excluding carboxylic acids is 2. The molecule has 2 amide bonds. The fourth-order valence-electron chi connectivity index (χ4n) is 4.65. The number of nitrogens with zero attached hydrogens (tertiary/aromatic N) is 2. The number of benzene rings is 2. The van der Waals surface area contributed by atoms with Gasteiger partial charge < -0.3 is 19.3 Å². The van der Waals surface area contributed by atoms with Gasteiger partial charge in [0.1, 0.15) is 12.3 Å². The number of hydrogen-bond acceptors (Lipinski definition) is 5. The van der Waals surface area contributed by atoms with Crippen LogP contribution in [0.5, 0.6) is 5.75 Å². The zero-order valence-corrected chi connectivity index (χ0v) is 22.0. The molecule has 0 saturated carbocycles. The van der Waals surface area contributed by atoms with E-state index < -0.39 is 17.6 Å². The predicted molar refractivity (Wildman–Crippen MR) is 138 cm³/mol. The van der Waals surface area contributed by atoms with Gasteiger partial charge in [-0.3, -0.25) is 9.59 Å². The minimum Gasteiger partial charge on any atom is -0.497 e. The maximum atomic E-state index is 13.7. The Hall–Kier alpha value is -3.37. The Morgan fingerprint density at radius 1 is 1.11 bits per heavy atom. The SMILES string of the molecule is COCCCN(CC(=O)N1CCc2sccc2C1c1ccc(OC)cc1)C(=O)c1cccc(C(F)(F)F)c1. The minimum atomic E-state index is -4.58. The molecule has 1 atom stereocenters. The average Bonchev–Trinajstić information content (AvgIpc) is 3.40. The van der Waals surface area contributed by atoms with E-state index in [-0.39, 0.29) is 30.6 Å². The quantitative estimate of drug-likeness (QED) is 0.336. The number of thiophene rings is 1. The summed E-state index contributed by atoms with van der Waals surface area (Å²) in [5.74, 6) is -0.209. The Morgan fingerprint density at radius 3 is 2.55 bits per heavy atom. The van der Waals surface area contributed by atoms with E-state index in [1.54, 1.807) is 23.3 Å². The highest BCUT2D eigenvalue weighted by Gasteiger charge is 2.35. The summed E-state index contributed by atoms with van der Waals surface area (Å²) in [6.45, 7) is 0.716. The lowest BCUT2D eigenvalue weighted by molar-refractivity contribution is -0.137. The van der Waals surface area contributed by atoms with Gasteiger partial charge in [0, 0.05) is 37.2 Å². The van der Waals surface area contributed by atoms with E-state index in [2.05, 4.69) is 0 Å². The number of methoxy groups -OCH3 is 2. The molecule has 38 heavy (non-hydrogen) atoms. The molecule has 0 spiro atoms. The molecule has 1 unspecified atom stereocenters. The van der Waals surface area contributed by atoms with Crippen LogP contribution in [0.25, 0.3) is 0 Å². The standard InChI is InChI=1S/C28H29F3N2O4S/c1-36-15-4-13-32(27(35)20-5-3-6-21(17-20)28(29,30)31)18-25(34)33-14-11-24-23(12-16-38-24)26(33)19-7-9-22(37-2)10-8-19/h3,5-10,12,16-17,26H,4,11,13-15,18H2,1-2H3. The van der Waals surface area contributed by atoms with Crippen molar-refractivity contribution in [3.63, 3.8) is 0 Å². The molecule has 202 valence electrons. The highest BCUT2D eigenvalue weighted by molar-refractivity contribution is 7.10. The highest BCUT2D eigenvalue weighted by atomic mass is 32.1. The molecule has 4 rings (SSSR count). The van der Waals surface area contributed by atoms with Crippen molar-refractivity contribution in [2.24, 2.45) is 0 Å². The van der Waals surface area contributed by atoms with Gasteiger partial charge in [0.25, 0.3) is 5.91 Å². The number of amides is 2. The largest absolute Gasteiger partial charge is 0.497 e. The maximum absolute atomic E-state index is 13.7. The first-order valence-corrected chi connectivity index (χ1v) is 13.1. The molecule has 6 nitrogen and oxygen atoms in total. The van der Waals surface area contributed by atoms with Crippen molar-refractivity contribution >= 4 is 23.2 Å². The molecule has 10 heteroatoms. The Balaban J connectivity index is 1.61. The van der Waals surface area contributed by atoms with Gasteiger partial charge >= 0.3 is 6.18 Å². The second-order valence-corrected chi connectivity index (χ2v) is 9.96. The van der Waals surface area contributed by atoms with Gasteiger partial charge in [-0.05, 0) is 65.7 Å². The zero-order chi connectivity index (χ0) is 27.3. The van der Waals surface area contributed by atoms with Crippen molar-refractivity contribution in [3.05, 3.63) is 87.1 Å². The molecule has 1 aliphatic rings. The molecule has 0 fully saturated rings. The van der Waals surface area contributed by atoms with E-state index >= 15 is 0 Å². The molecule has 0 radical (unpaired) electrons. The summed E-state index contributed by atoms with van der Waals surface area (Å²) in [5.41, 5.74) is 0.922. The van der Waals surface area contributed by atoms with Gasteiger partial charge in [-0.2, -0.15) is 13.2 Å². The first-order valence-electron chi connectivity index (χ1n) is 12.2. The Kier molecular flexibility index (Phi) is 8.73. The zero-order valence-electron chi connectivity index (χ0n) is 21.2. The molecule has 3 aromatic rings. The molecule has 1 aliphatic heterocycles. The Bertz CT molecular complexity index is 1260. The monoisotopic (exact) mass is 546 g/mol. The van der Waals surface area contributed by atoms with E-state index in [0.29, 0.717) is 31.7 Å². The lowest BCUT2D eigenvalue weighted by atomic mass is 9.93. The van der Waals surface area contributed by atoms with E-state index in [9.17, 15) is 22.8 Å². The summed E-state index contributed by atoms with van der Waals surface area (Å²) in [4.78, 5) is 31.4. The first kappa shape index (κ1) is 27.7. The topological polar surface area (TPSA) is 59.1 Å². The molecular weight excluding hydrogens is 517 g/mol. The van der Waals surface area contributed by atoms with Crippen LogP contribution >= 0.6 is 11.3 Å². The van der Waals surface area contributed by atoms with Crippen molar-refractivity contribution in [1.82, 2.24) is 9.80 Å². The van der Waals surface area contributed by atoms with Crippen molar-refractivity contribution < 1.29 is 32.2 Å². The van der Waals surface area contributed by atoms with Crippen LogP contribution in [-0.4, -0.2) is 62.1 Å². The molecule has 2 heterocycles. The summed E-state index contributed by atoms with van der Waals surface area (Å²) in [7, 11) is 3.11. The number of ether oxygens (including phenoxy) is 2. The first-order chi connectivity index (χ1) is 18.2. The second kappa shape index (κ2) is 12.0. The van der Waals surface area contributed by atoms with E-state index in [1.165, 1.54) is 29.0 Å². The van der Waals surface area contributed by atoms with Crippen molar-refractivity contribution in [2.75, 3.05) is 40.5 Å². The lowest BCUT2D eigenvalue weighted by Crippen LogP contribution is -2.47. The van der Waals surface area contributed by atoms with Crippen molar-refractivity contribution in [2.45, 2.75) is 25.1 Å². The van der Waals surface area contributed by atoms with Gasteiger partial charge in [0.15, 0.2) is 0 Å². The number of carbonyl (C=O) groups is 2. The number of alkyl halides is 3. The smallest absolute Gasteiger partial charge is 0.416 e. The van der Waals surface area contributed by atoms with Gasteiger partial charge in [-0.15, -0.1) is 11.3 Å². The fraction of sp³-hybridized carbons (Fsp3) is 0.357. The number of hydrogen-bond donors (Lipinski definition) is 0. The van der Waals surface area contributed by atoms with Crippen LogP contribution in [0.1, 0.15) is 44.4 Å². The van der Waals surface area contributed by atoms with E-state index in [4.69, 9.17) is 9.47 Å². The molecule has 0 N–H and O–H groups in total. The summed E-state index contributed by atoms with van der Waals surface area (Å²) in [6.07, 6.45) is -3.45. The maximum Gasteiger partial charge on any atom is 0.416 e. The Morgan fingerprint density at radius 2 is 1.87 bits per heavy atom. The fourth-order valence-corrected chi connectivity index (χ4v) is 5.55. The molecule has 0 aliphatic carbocycles. The Labute approximate surface area is 223 Å². The molecule has 2 aromatic carbocycles. The van der Waals surface area contributed by atoms with Gasteiger partial charge in [-0.25, -0.2) is 0 Å². The molecule has 1 aromatic heterocycles.